The van der Waals surface area contributed by atoms with Gasteiger partial charge in [-0.1, -0.05) is 17.3 Å². The number of nitrogens with zero attached hydrogens (tertiary/aromatic N) is 3. The number of aromatic nitrogens is 3. The third kappa shape index (κ3) is 3.98. The van der Waals surface area contributed by atoms with E-state index in [1.165, 1.54) is 0 Å². The molecule has 0 bridgehead atoms. The fraction of sp³-hybridized carbons (Fsp3) is 0.250. The molecule has 0 atom stereocenters. The molecule has 1 amide bonds. The average Bonchev–Trinajstić information content (AvgIpc) is 3.09. The van der Waals surface area contributed by atoms with Crippen LogP contribution in [0.2, 0.25) is 0 Å². The normalized spacial score (nSPS) is 10.7. The van der Waals surface area contributed by atoms with Crippen LogP contribution in [-0.2, 0) is 11.3 Å². The summed E-state index contributed by atoms with van der Waals surface area (Å²) in [5, 5.41) is 11.2. The monoisotopic (exact) mass is 366 g/mol. The van der Waals surface area contributed by atoms with Gasteiger partial charge in [0.2, 0.25) is 0 Å². The summed E-state index contributed by atoms with van der Waals surface area (Å²) in [4.78, 5) is 12.8. The zero-order chi connectivity index (χ0) is 19.4. The Balaban J connectivity index is 1.94. The SMILES string of the molecule is COCc1c(C(=O)Nc2cc(C)ccc2C)nnn1-c1ccc(OC)cc1. The molecular weight excluding hydrogens is 344 g/mol. The van der Waals surface area contributed by atoms with E-state index in [9.17, 15) is 4.79 Å². The van der Waals surface area contributed by atoms with E-state index in [2.05, 4.69) is 15.6 Å². The minimum absolute atomic E-state index is 0.203. The maximum Gasteiger partial charge on any atom is 0.278 e. The van der Waals surface area contributed by atoms with Crippen LogP contribution in [0.5, 0.6) is 5.75 Å². The van der Waals surface area contributed by atoms with Crippen molar-refractivity contribution in [1.29, 1.82) is 0 Å². The lowest BCUT2D eigenvalue weighted by Gasteiger charge is -2.10. The van der Waals surface area contributed by atoms with E-state index in [1.807, 2.05) is 56.3 Å². The highest BCUT2D eigenvalue weighted by molar-refractivity contribution is 6.04. The van der Waals surface area contributed by atoms with Crippen LogP contribution in [-0.4, -0.2) is 35.1 Å². The van der Waals surface area contributed by atoms with Crippen LogP contribution < -0.4 is 10.1 Å². The first kappa shape index (κ1) is 18.6. The van der Waals surface area contributed by atoms with Gasteiger partial charge in [-0.2, -0.15) is 0 Å². The first-order valence-electron chi connectivity index (χ1n) is 8.50. The Labute approximate surface area is 157 Å². The lowest BCUT2D eigenvalue weighted by Crippen LogP contribution is -2.16. The molecule has 2 aromatic carbocycles. The summed E-state index contributed by atoms with van der Waals surface area (Å²) in [6.07, 6.45) is 0. The lowest BCUT2D eigenvalue weighted by molar-refractivity contribution is 0.101. The van der Waals surface area contributed by atoms with E-state index in [0.29, 0.717) is 5.69 Å². The number of amides is 1. The molecule has 27 heavy (non-hydrogen) atoms. The molecule has 1 heterocycles. The molecule has 0 saturated carbocycles. The number of nitrogens with one attached hydrogen (secondary N) is 1. The summed E-state index contributed by atoms with van der Waals surface area (Å²) in [5.41, 5.74) is 4.36. The van der Waals surface area contributed by atoms with Crippen molar-refractivity contribution >= 4 is 11.6 Å². The highest BCUT2D eigenvalue weighted by Crippen LogP contribution is 2.20. The number of carbonyl (C=O) groups excluding carboxylic acids is 1. The van der Waals surface area contributed by atoms with E-state index in [4.69, 9.17) is 9.47 Å². The molecule has 0 fully saturated rings. The molecule has 7 nitrogen and oxygen atoms in total. The highest BCUT2D eigenvalue weighted by atomic mass is 16.5. The second-order valence-corrected chi connectivity index (χ2v) is 6.20. The van der Waals surface area contributed by atoms with Crippen LogP contribution >= 0.6 is 0 Å². The highest BCUT2D eigenvalue weighted by Gasteiger charge is 2.21. The van der Waals surface area contributed by atoms with Crippen LogP contribution in [0.15, 0.2) is 42.5 Å². The molecule has 3 rings (SSSR count). The summed E-state index contributed by atoms with van der Waals surface area (Å²) < 4.78 is 12.0. The Morgan fingerprint density at radius 3 is 2.52 bits per heavy atom. The Bertz CT molecular complexity index is 948. The van der Waals surface area contributed by atoms with Gasteiger partial charge in [-0.05, 0) is 55.3 Å². The van der Waals surface area contributed by atoms with Crippen molar-refractivity contribution in [2.24, 2.45) is 0 Å². The number of carbonyl (C=O) groups is 1. The molecule has 0 unspecified atom stereocenters. The first-order valence-corrected chi connectivity index (χ1v) is 8.50. The van der Waals surface area contributed by atoms with Crippen molar-refractivity contribution in [2.75, 3.05) is 19.5 Å². The minimum Gasteiger partial charge on any atom is -0.497 e. The molecular formula is C20H22N4O3. The predicted octanol–water partition coefficient (Wildman–Crippen LogP) is 3.29. The standard InChI is InChI=1S/C20H22N4O3/c1-13-5-6-14(2)17(11-13)21-20(25)19-18(12-26-3)24(23-22-19)15-7-9-16(27-4)10-8-15/h5-11H,12H2,1-4H3,(H,21,25). The van der Waals surface area contributed by atoms with Crippen LogP contribution in [0.3, 0.4) is 0 Å². The van der Waals surface area contributed by atoms with Crippen LogP contribution in [0.4, 0.5) is 5.69 Å². The van der Waals surface area contributed by atoms with Gasteiger partial charge in [0.15, 0.2) is 5.69 Å². The van der Waals surface area contributed by atoms with Crippen molar-refractivity contribution in [3.63, 3.8) is 0 Å². The Morgan fingerprint density at radius 2 is 1.85 bits per heavy atom. The number of rotatable bonds is 6. The van der Waals surface area contributed by atoms with Crippen molar-refractivity contribution in [2.45, 2.75) is 20.5 Å². The molecule has 0 saturated heterocycles. The summed E-state index contributed by atoms with van der Waals surface area (Å²) in [5.74, 6) is 0.413. The third-order valence-electron chi connectivity index (χ3n) is 4.22. The first-order chi connectivity index (χ1) is 13.0. The maximum absolute atomic E-state index is 12.8. The number of hydrogen-bond acceptors (Lipinski definition) is 5. The fourth-order valence-electron chi connectivity index (χ4n) is 2.73. The molecule has 3 aromatic rings. The second kappa shape index (κ2) is 8.01. The number of aryl methyl sites for hydroxylation is 2. The molecule has 0 aliphatic rings. The van der Waals surface area contributed by atoms with Crippen LogP contribution in [0, 0.1) is 13.8 Å². The summed E-state index contributed by atoms with van der Waals surface area (Å²) in [6.45, 7) is 4.12. The van der Waals surface area contributed by atoms with Crippen LogP contribution in [0.1, 0.15) is 27.3 Å². The zero-order valence-corrected chi connectivity index (χ0v) is 15.8. The molecule has 140 valence electrons. The Hall–Kier alpha value is -3.19. The second-order valence-electron chi connectivity index (χ2n) is 6.20. The quantitative estimate of drug-likeness (QED) is 0.724. The fourth-order valence-corrected chi connectivity index (χ4v) is 2.73. The Morgan fingerprint density at radius 1 is 1.11 bits per heavy atom. The average molecular weight is 366 g/mol. The minimum atomic E-state index is -0.324. The van der Waals surface area contributed by atoms with Crippen molar-refractivity contribution in [3.8, 4) is 11.4 Å². The van der Waals surface area contributed by atoms with E-state index >= 15 is 0 Å². The summed E-state index contributed by atoms with van der Waals surface area (Å²) in [6, 6.07) is 13.2. The van der Waals surface area contributed by atoms with E-state index < -0.39 is 0 Å². The third-order valence-corrected chi connectivity index (χ3v) is 4.22. The number of benzene rings is 2. The zero-order valence-electron chi connectivity index (χ0n) is 15.8. The number of hydrogen-bond donors (Lipinski definition) is 1. The van der Waals surface area contributed by atoms with Gasteiger partial charge in [0, 0.05) is 12.8 Å². The molecule has 0 spiro atoms. The Kier molecular flexibility index (Phi) is 5.52. The number of anilines is 1. The van der Waals surface area contributed by atoms with Crippen molar-refractivity contribution in [3.05, 3.63) is 65.0 Å². The van der Waals surface area contributed by atoms with Crippen LogP contribution in [0.25, 0.3) is 5.69 Å². The van der Waals surface area contributed by atoms with Crippen molar-refractivity contribution < 1.29 is 14.3 Å². The van der Waals surface area contributed by atoms with Crippen molar-refractivity contribution in [1.82, 2.24) is 15.0 Å². The molecule has 0 aliphatic carbocycles. The molecule has 1 aromatic heterocycles. The molecule has 1 N–H and O–H groups in total. The maximum atomic E-state index is 12.8. The molecule has 0 radical (unpaired) electrons. The van der Waals surface area contributed by atoms with Gasteiger partial charge in [0.25, 0.3) is 5.91 Å². The molecule has 0 aliphatic heterocycles. The topological polar surface area (TPSA) is 78.3 Å². The van der Waals surface area contributed by atoms with Gasteiger partial charge in [0.05, 0.1) is 19.4 Å². The predicted molar refractivity (Wildman–Crippen MR) is 102 cm³/mol. The molecule has 7 heteroatoms. The van der Waals surface area contributed by atoms with E-state index in [-0.39, 0.29) is 18.2 Å². The van der Waals surface area contributed by atoms with E-state index in [0.717, 1.165) is 28.3 Å². The smallest absolute Gasteiger partial charge is 0.278 e. The van der Waals surface area contributed by atoms with Gasteiger partial charge < -0.3 is 14.8 Å². The van der Waals surface area contributed by atoms with Gasteiger partial charge >= 0.3 is 0 Å². The summed E-state index contributed by atoms with van der Waals surface area (Å²) in [7, 11) is 3.17. The van der Waals surface area contributed by atoms with Gasteiger partial charge in [0.1, 0.15) is 11.4 Å². The van der Waals surface area contributed by atoms with Gasteiger partial charge in [-0.3, -0.25) is 4.79 Å². The van der Waals surface area contributed by atoms with Gasteiger partial charge in [-0.15, -0.1) is 5.10 Å². The van der Waals surface area contributed by atoms with Gasteiger partial charge in [-0.25, -0.2) is 4.68 Å². The number of ether oxygens (including phenoxy) is 2. The largest absolute Gasteiger partial charge is 0.497 e. The lowest BCUT2D eigenvalue weighted by atomic mass is 10.1. The number of methoxy groups -OCH3 is 2. The summed E-state index contributed by atoms with van der Waals surface area (Å²) >= 11 is 0. The van der Waals surface area contributed by atoms with E-state index in [1.54, 1.807) is 18.9 Å².